The lowest BCUT2D eigenvalue weighted by Crippen LogP contribution is -2.45. The molecule has 6 aliphatic rings. The van der Waals surface area contributed by atoms with Crippen molar-refractivity contribution in [1.29, 1.82) is 0 Å². The van der Waals surface area contributed by atoms with Gasteiger partial charge in [-0.1, -0.05) is 109 Å². The third-order valence-electron chi connectivity index (χ3n) is 25.4. The van der Waals surface area contributed by atoms with Gasteiger partial charge >= 0.3 is 38.5 Å². The Hall–Kier alpha value is -7.72. The van der Waals surface area contributed by atoms with Crippen LogP contribution in [0.5, 0.6) is 0 Å². The number of esters is 3. The second kappa shape index (κ2) is 50.7. The van der Waals surface area contributed by atoms with E-state index in [-0.39, 0.29) is 119 Å². The average Bonchev–Trinajstić information content (AvgIpc) is 1.65. The monoisotopic (exact) mass is 2410 g/mol. The first kappa shape index (κ1) is 123. The van der Waals surface area contributed by atoms with E-state index in [2.05, 4.69) is 221 Å². The molecular formula is C90H138Br5N21O24S2Si2. The number of fused-ring (bicyclic) bond motifs is 5. The van der Waals surface area contributed by atoms with Gasteiger partial charge in [0.2, 0.25) is 6.29 Å². The van der Waals surface area contributed by atoms with Crippen molar-refractivity contribution in [2.24, 2.45) is 22.1 Å². The number of aromatic nitrogens is 15. The van der Waals surface area contributed by atoms with Gasteiger partial charge in [-0.3, -0.25) is 22.7 Å². The Morgan fingerprint density at radius 1 is 0.472 bits per heavy atom. The van der Waals surface area contributed by atoms with E-state index in [1.807, 2.05) is 66.9 Å². The van der Waals surface area contributed by atoms with Crippen LogP contribution in [0.3, 0.4) is 0 Å². The summed E-state index contributed by atoms with van der Waals surface area (Å²) in [5, 5.41) is 53.1. The molecule has 0 amide bonds. The minimum atomic E-state index is -4.07. The molecule has 144 heavy (non-hydrogen) atoms. The number of aliphatic hydroxyl groups is 4. The number of nitrogens with zero attached hydrogens (tertiary/aromatic N) is 15. The SMILES string of the molecule is C.C.C.C=CC(=C)CC.CC(=O)O[C@@H]1O[C@H](C)[C@@H](C)[C@H]1OC(C)=O.CC(=O)O[C@@H]1[C@H](C)[C@@H](C)O[C@H]1n1cc(Br)c2c(C)ncnc21.CC(C)(C)[Si](C)(C)O[C@@H]1C[C@@H](CO)O[C@H]1n1cc(Br)c2c(N)ncnc21.CC(C)(C)[Si](C)(C)O[C@@H]1C[C@@H](COS(N)(=O)=O)O[C@H]1n1cc(Br)c2c(N)ncnc21.C[C@H]1O[C@@H](n2cc(Br)c3c(N)ncnc32)[C@H](O)[C@@H]1O.Nc1ncnc2c1c(Br)cn2[C@@H]1O[C@H](COS(N)(=O)=O)C[C@H]1O. The number of nitrogen functional groups attached to an aromatic ring is 4. The molecule has 10 aromatic rings. The van der Waals surface area contributed by atoms with Crippen molar-refractivity contribution >= 4 is 213 Å². The smallest absolute Gasteiger partial charge is 0.333 e. The molecule has 54 heteroatoms. The minimum Gasteiger partial charge on any atom is -0.457 e. The molecule has 0 aromatic carbocycles. The van der Waals surface area contributed by atoms with Crippen LogP contribution in [0.2, 0.25) is 36.3 Å². The molecule has 45 nitrogen and oxygen atoms in total. The summed E-state index contributed by atoms with van der Waals surface area (Å²) < 4.78 is 130. The van der Waals surface area contributed by atoms with Gasteiger partial charge in [0.15, 0.2) is 60.0 Å². The van der Waals surface area contributed by atoms with Gasteiger partial charge in [-0.05, 0) is 150 Å². The molecule has 10 aromatic heterocycles. The van der Waals surface area contributed by atoms with E-state index in [1.165, 1.54) is 52.4 Å². The van der Waals surface area contributed by atoms with E-state index in [4.69, 9.17) is 88.9 Å². The molecule has 16 rings (SSSR count). The molecule has 0 bridgehead atoms. The number of carbonyl (C=O) groups is 3. The zero-order chi connectivity index (χ0) is 105. The summed E-state index contributed by atoms with van der Waals surface area (Å²) in [5.74, 6) is 0.366. The number of hydrogen-bond donors (Lipinski definition) is 10. The van der Waals surface area contributed by atoms with Gasteiger partial charge in [0.25, 0.3) is 0 Å². The minimum absolute atomic E-state index is 0. The molecule has 21 atom stereocenters. The highest BCUT2D eigenvalue weighted by atomic mass is 79.9. The third kappa shape index (κ3) is 29.5. The number of carbonyl (C=O) groups excluding carboxylic acids is 3. The Kier molecular flexibility index (Phi) is 43.4. The first-order valence-electron chi connectivity index (χ1n) is 44.8. The maximum atomic E-state index is 11.4. The second-order valence-electron chi connectivity index (χ2n) is 37.5. The van der Waals surface area contributed by atoms with E-state index in [0.717, 1.165) is 47.5 Å². The Balaban J connectivity index is 0.000000233. The molecule has 0 spiro atoms. The molecule has 16 heterocycles. The fourth-order valence-corrected chi connectivity index (χ4v) is 22.0. The first-order chi connectivity index (χ1) is 65.6. The summed E-state index contributed by atoms with van der Waals surface area (Å²) in [6, 6.07) is 0. The molecular weight excluding hydrogens is 2280 g/mol. The van der Waals surface area contributed by atoms with E-state index < -0.39 is 123 Å². The number of aliphatic hydroxyl groups excluding tert-OH is 4. The number of rotatable bonds is 21. The van der Waals surface area contributed by atoms with Crippen LogP contribution in [0.25, 0.3) is 55.2 Å². The van der Waals surface area contributed by atoms with Gasteiger partial charge in [-0.2, -0.15) is 16.8 Å². The third-order valence-corrected chi connectivity index (χ3v) is 38.3. The van der Waals surface area contributed by atoms with Crippen molar-refractivity contribution in [3.05, 3.63) is 115 Å². The van der Waals surface area contributed by atoms with E-state index in [9.17, 15) is 51.6 Å². The number of halogens is 5. The molecule has 6 saturated heterocycles. The predicted molar refractivity (Wildman–Crippen MR) is 566 cm³/mol. The maximum absolute atomic E-state index is 11.4. The maximum Gasteiger partial charge on any atom is 0.333 e. The van der Waals surface area contributed by atoms with Crippen LogP contribution in [-0.4, -0.2) is 250 Å². The number of nitrogens with two attached hydrogens (primary N) is 6. The average molecular weight is 2420 g/mol. The van der Waals surface area contributed by atoms with Crippen LogP contribution in [0, 0.1) is 18.8 Å². The Bertz CT molecular complexity index is 6360. The molecule has 16 N–H and O–H groups in total. The van der Waals surface area contributed by atoms with Crippen LogP contribution in [-0.2, 0) is 94.8 Å². The molecule has 6 fully saturated rings. The fourth-order valence-electron chi connectivity index (χ4n) is 15.6. The molecule has 0 unspecified atom stereocenters. The summed E-state index contributed by atoms with van der Waals surface area (Å²) in [6.07, 6.45) is 10.5. The standard InChI is InChI=1S/C17H28BrN5O5SSi.C17H27BrN4O3Si.C15H18BrN3O3.C11H14BrN5O5S.C11H13BrN4O3.C10H16O5.C6H10.3CH4/c1-17(2,3)30(4,5)28-12-6-10(8-26-29(20,24)25)27-16(12)23-7-11(18)13-14(19)21-9-22-15(13)23;1-17(2,3)26(4,5)25-12-6-10(8-23)24-16(12)22-7-11(18)13-14(19)20-9-21-15(13)22;1-7-9(3)21-15(13(7)22-10(4)20)19-5-11(16)12-8(2)17-6-18-14(12)19;12-6-2-17(10-8(6)9(13)15-4-16-10)11-7(18)1-5(22-11)3-21-23(14,19)20;1-4-7(17)8(18)11(19-4)16-2-5(12)6-9(13)14-3-15-10(6)16;1-5-6(2)13-10(15-8(4)12)9(5)14-7(3)11;1-4-6(3)5-2;;;/h7,9-10,12,16H,6,8H2,1-5H3,(H2,19,21,22)(H2,20,24,25);7,9-10,12,16,23H,6,8H2,1-5H3,(H2,19,20,21);5-7,9,13,15H,1-4H3;2,4-5,7,11,18H,1,3H2,(H2,13,15,16)(H2,14,19,20);2-4,7-8,11,17-18H,1H3,(H2,13,14,15);5-6,9-10H,1-4H3;4H,1,3,5H2,2H3;3*1H4/t2*10-,12+,16+;7-,9-,13-,15-;5-,7+,11+;4-,7-,8-,11-;5-,6-,9-,10+;;;;/m001011..../s1. The van der Waals surface area contributed by atoms with Crippen molar-refractivity contribution in [3.8, 4) is 0 Å². The quantitative estimate of drug-likeness (QED) is 0.0138. The van der Waals surface area contributed by atoms with Crippen molar-refractivity contribution in [2.75, 3.05) is 42.8 Å². The van der Waals surface area contributed by atoms with Crippen LogP contribution >= 0.6 is 79.6 Å². The van der Waals surface area contributed by atoms with Crippen LogP contribution < -0.4 is 33.2 Å². The normalized spacial score (nSPS) is 25.7. The Morgan fingerprint density at radius 2 is 0.792 bits per heavy atom. The molecule has 0 radical (unpaired) electrons. The van der Waals surface area contributed by atoms with Crippen molar-refractivity contribution in [3.63, 3.8) is 0 Å². The predicted octanol–water partition coefficient (Wildman–Crippen LogP) is 14.1. The second-order valence-corrected chi connectivity index (χ2v) is 53.8. The lowest BCUT2D eigenvalue weighted by atomic mass is 10.0. The van der Waals surface area contributed by atoms with E-state index in [1.54, 1.807) is 34.5 Å². The van der Waals surface area contributed by atoms with Gasteiger partial charge in [0.1, 0.15) is 101 Å². The highest BCUT2D eigenvalue weighted by Crippen LogP contribution is 2.48. The largest absolute Gasteiger partial charge is 0.457 e. The van der Waals surface area contributed by atoms with Gasteiger partial charge < -0.3 is 118 Å². The zero-order valence-corrected chi connectivity index (χ0v) is 93.2. The molecule has 0 saturated carbocycles. The van der Waals surface area contributed by atoms with E-state index >= 15 is 0 Å². The lowest BCUT2D eigenvalue weighted by Gasteiger charge is -2.39. The number of anilines is 4. The molecule has 802 valence electrons. The van der Waals surface area contributed by atoms with Crippen LogP contribution in [0.4, 0.5) is 23.3 Å². The van der Waals surface area contributed by atoms with Crippen molar-refractivity contribution < 1.29 is 111 Å². The number of aryl methyl sites for hydroxylation is 1. The summed E-state index contributed by atoms with van der Waals surface area (Å²) in [4.78, 5) is 74.7. The van der Waals surface area contributed by atoms with Crippen molar-refractivity contribution in [1.82, 2.24) is 72.7 Å². The Labute approximate surface area is 882 Å². The van der Waals surface area contributed by atoms with Crippen LogP contribution in [0.15, 0.2) is 110 Å². The van der Waals surface area contributed by atoms with Gasteiger partial charge in [0.05, 0.1) is 101 Å². The Morgan fingerprint density at radius 3 is 1.15 bits per heavy atom. The van der Waals surface area contributed by atoms with E-state index in [0.29, 0.717) is 83.8 Å². The van der Waals surface area contributed by atoms with Gasteiger partial charge in [-0.25, -0.2) is 60.1 Å². The van der Waals surface area contributed by atoms with Gasteiger partial charge in [-0.15, -0.1) is 0 Å². The highest BCUT2D eigenvalue weighted by molar-refractivity contribution is 9.11. The fraction of sp³-hybridized carbons (Fsp3) is 0.589. The van der Waals surface area contributed by atoms with Gasteiger partial charge in [0, 0.05) is 105 Å². The summed E-state index contributed by atoms with van der Waals surface area (Å²) in [7, 11) is -12.3. The highest BCUT2D eigenvalue weighted by Gasteiger charge is 2.51. The number of hydrogen-bond acceptors (Lipinski definition) is 38. The summed E-state index contributed by atoms with van der Waals surface area (Å²) >= 11 is 17.4. The van der Waals surface area contributed by atoms with Crippen LogP contribution in [0.1, 0.15) is 189 Å². The summed E-state index contributed by atoms with van der Waals surface area (Å²) in [6.45, 7) is 46.0. The number of ether oxygens (including phenoxy) is 9. The lowest BCUT2D eigenvalue weighted by molar-refractivity contribution is -0.193. The molecule has 6 aliphatic heterocycles. The van der Waals surface area contributed by atoms with Crippen molar-refractivity contribution in [2.45, 2.75) is 312 Å². The molecule has 0 aliphatic carbocycles. The summed E-state index contributed by atoms with van der Waals surface area (Å²) in [5.41, 5.74) is 28.8. The zero-order valence-electron chi connectivity index (χ0n) is 81.7. The topological polar surface area (TPSA) is 630 Å². The number of allylic oxidation sites excluding steroid dienone is 2. The first-order valence-corrected chi connectivity index (χ1v) is 57.5.